The third-order valence-electron chi connectivity index (χ3n) is 3.84. The standard InChI is InChI=1S/C20H13ClN2OS/c21-14-9-10-16-15(12-14)18(13-6-2-1-3-7-13)19(20(24)23-16)25-17-8-4-5-11-22-17/h1-12H,(H,23,24). The molecule has 2 aromatic carbocycles. The maximum Gasteiger partial charge on any atom is 0.263 e. The molecule has 0 unspecified atom stereocenters. The van der Waals surface area contributed by atoms with Crippen LogP contribution in [0.4, 0.5) is 0 Å². The number of aromatic amines is 1. The van der Waals surface area contributed by atoms with E-state index < -0.39 is 0 Å². The molecule has 0 fully saturated rings. The number of aromatic nitrogens is 2. The van der Waals surface area contributed by atoms with Gasteiger partial charge in [0.1, 0.15) is 5.03 Å². The van der Waals surface area contributed by atoms with Gasteiger partial charge < -0.3 is 4.98 Å². The average Bonchev–Trinajstić information content (AvgIpc) is 2.64. The Bertz CT molecular complexity index is 1100. The van der Waals surface area contributed by atoms with E-state index in [2.05, 4.69) is 9.97 Å². The van der Waals surface area contributed by atoms with Gasteiger partial charge in [-0.05, 0) is 35.9 Å². The van der Waals surface area contributed by atoms with Gasteiger partial charge in [-0.25, -0.2) is 4.98 Å². The molecule has 0 radical (unpaired) electrons. The van der Waals surface area contributed by atoms with Crippen LogP contribution in [0.1, 0.15) is 0 Å². The monoisotopic (exact) mass is 364 g/mol. The number of fused-ring (bicyclic) bond motifs is 1. The van der Waals surface area contributed by atoms with Gasteiger partial charge in [0.2, 0.25) is 0 Å². The van der Waals surface area contributed by atoms with E-state index in [1.54, 1.807) is 12.3 Å². The molecule has 0 saturated carbocycles. The van der Waals surface area contributed by atoms with Crippen LogP contribution in [0.2, 0.25) is 5.02 Å². The van der Waals surface area contributed by atoms with Crippen LogP contribution in [-0.2, 0) is 0 Å². The van der Waals surface area contributed by atoms with Crippen LogP contribution in [0.3, 0.4) is 0 Å². The molecule has 4 aromatic rings. The second-order valence-electron chi connectivity index (χ2n) is 5.48. The molecule has 0 atom stereocenters. The van der Waals surface area contributed by atoms with Crippen LogP contribution >= 0.6 is 23.4 Å². The zero-order chi connectivity index (χ0) is 17.2. The summed E-state index contributed by atoms with van der Waals surface area (Å²) < 4.78 is 0. The predicted octanol–water partition coefficient (Wildman–Crippen LogP) is 5.39. The minimum absolute atomic E-state index is 0.135. The van der Waals surface area contributed by atoms with Gasteiger partial charge in [-0.15, -0.1) is 0 Å². The number of H-pyrrole nitrogens is 1. The Hall–Kier alpha value is -2.56. The second kappa shape index (κ2) is 6.75. The van der Waals surface area contributed by atoms with Crippen molar-refractivity contribution in [2.75, 3.05) is 0 Å². The number of nitrogens with zero attached hydrogens (tertiary/aromatic N) is 1. The highest BCUT2D eigenvalue weighted by Gasteiger charge is 2.16. The first-order valence-corrected chi connectivity index (χ1v) is 8.92. The zero-order valence-electron chi connectivity index (χ0n) is 13.1. The molecular weight excluding hydrogens is 352 g/mol. The number of nitrogens with one attached hydrogen (secondary N) is 1. The molecule has 0 aliphatic rings. The fourth-order valence-corrected chi connectivity index (χ4v) is 3.86. The van der Waals surface area contributed by atoms with Crippen molar-refractivity contribution < 1.29 is 0 Å². The summed E-state index contributed by atoms with van der Waals surface area (Å²) in [5.74, 6) is 0. The van der Waals surface area contributed by atoms with Crippen molar-refractivity contribution >= 4 is 34.3 Å². The maximum absolute atomic E-state index is 12.8. The van der Waals surface area contributed by atoms with Crippen molar-refractivity contribution in [3.05, 3.63) is 88.3 Å². The van der Waals surface area contributed by atoms with Crippen molar-refractivity contribution in [1.29, 1.82) is 0 Å². The number of benzene rings is 2. The average molecular weight is 365 g/mol. The largest absolute Gasteiger partial charge is 0.321 e. The third kappa shape index (κ3) is 3.18. The lowest BCUT2D eigenvalue weighted by atomic mass is 10.0. The van der Waals surface area contributed by atoms with Crippen molar-refractivity contribution in [3.8, 4) is 11.1 Å². The molecule has 0 saturated heterocycles. The van der Waals surface area contributed by atoms with Crippen LogP contribution in [0, 0.1) is 0 Å². The lowest BCUT2D eigenvalue weighted by Crippen LogP contribution is -2.10. The maximum atomic E-state index is 12.8. The summed E-state index contributed by atoms with van der Waals surface area (Å²) in [4.78, 5) is 20.7. The van der Waals surface area contributed by atoms with Crippen LogP contribution in [0.25, 0.3) is 22.0 Å². The molecule has 4 rings (SSSR count). The first-order valence-electron chi connectivity index (χ1n) is 7.72. The van der Waals surface area contributed by atoms with E-state index >= 15 is 0 Å². The van der Waals surface area contributed by atoms with E-state index in [-0.39, 0.29) is 5.56 Å². The van der Waals surface area contributed by atoms with Gasteiger partial charge in [0, 0.05) is 27.7 Å². The number of pyridine rings is 2. The molecular formula is C20H13ClN2OS. The summed E-state index contributed by atoms with van der Waals surface area (Å²) in [5.41, 5.74) is 2.47. The van der Waals surface area contributed by atoms with Gasteiger partial charge in [0.25, 0.3) is 5.56 Å². The van der Waals surface area contributed by atoms with E-state index in [0.29, 0.717) is 9.92 Å². The SMILES string of the molecule is O=c1[nH]c2ccc(Cl)cc2c(-c2ccccc2)c1Sc1ccccn1. The Morgan fingerprint density at radius 3 is 2.52 bits per heavy atom. The molecule has 3 nitrogen and oxygen atoms in total. The van der Waals surface area contributed by atoms with Gasteiger partial charge in [0.15, 0.2) is 0 Å². The van der Waals surface area contributed by atoms with E-state index in [0.717, 1.165) is 27.1 Å². The van der Waals surface area contributed by atoms with Crippen molar-refractivity contribution in [2.45, 2.75) is 9.92 Å². The first kappa shape index (κ1) is 15.9. The number of hydrogen-bond donors (Lipinski definition) is 1. The normalized spacial score (nSPS) is 10.9. The Morgan fingerprint density at radius 2 is 1.76 bits per heavy atom. The van der Waals surface area contributed by atoms with Crippen molar-refractivity contribution in [1.82, 2.24) is 9.97 Å². The van der Waals surface area contributed by atoms with E-state index in [9.17, 15) is 4.79 Å². The molecule has 122 valence electrons. The van der Waals surface area contributed by atoms with E-state index in [1.807, 2.05) is 60.7 Å². The Balaban J connectivity index is 2.04. The van der Waals surface area contributed by atoms with Gasteiger partial charge in [0.05, 0.1) is 4.90 Å². The summed E-state index contributed by atoms with van der Waals surface area (Å²) in [7, 11) is 0. The molecule has 5 heteroatoms. The topological polar surface area (TPSA) is 45.8 Å². The van der Waals surface area contributed by atoms with Gasteiger partial charge in [-0.3, -0.25) is 4.79 Å². The second-order valence-corrected chi connectivity index (χ2v) is 6.95. The first-order chi connectivity index (χ1) is 12.2. The lowest BCUT2D eigenvalue weighted by Gasteiger charge is -2.12. The van der Waals surface area contributed by atoms with E-state index in [1.165, 1.54) is 11.8 Å². The fraction of sp³-hybridized carbons (Fsp3) is 0. The number of hydrogen-bond acceptors (Lipinski definition) is 3. The molecule has 0 amide bonds. The van der Waals surface area contributed by atoms with Crippen molar-refractivity contribution in [2.24, 2.45) is 0 Å². The molecule has 0 bridgehead atoms. The minimum atomic E-state index is -0.135. The zero-order valence-corrected chi connectivity index (χ0v) is 14.6. The fourth-order valence-electron chi connectivity index (χ4n) is 2.75. The Kier molecular flexibility index (Phi) is 4.30. The minimum Gasteiger partial charge on any atom is -0.321 e. The smallest absolute Gasteiger partial charge is 0.263 e. The summed E-state index contributed by atoms with van der Waals surface area (Å²) in [6.45, 7) is 0. The molecule has 2 heterocycles. The Morgan fingerprint density at radius 1 is 0.960 bits per heavy atom. The van der Waals surface area contributed by atoms with Crippen LogP contribution in [-0.4, -0.2) is 9.97 Å². The molecule has 2 aromatic heterocycles. The molecule has 0 aliphatic heterocycles. The Labute approximate surface area is 153 Å². The quantitative estimate of drug-likeness (QED) is 0.529. The van der Waals surface area contributed by atoms with Crippen molar-refractivity contribution in [3.63, 3.8) is 0 Å². The molecule has 0 aliphatic carbocycles. The summed E-state index contributed by atoms with van der Waals surface area (Å²) in [6.07, 6.45) is 1.72. The van der Waals surface area contributed by atoms with Gasteiger partial charge in [-0.1, -0.05) is 59.8 Å². The van der Waals surface area contributed by atoms with Crippen LogP contribution in [0.5, 0.6) is 0 Å². The predicted molar refractivity (Wildman–Crippen MR) is 103 cm³/mol. The molecule has 25 heavy (non-hydrogen) atoms. The molecule has 1 N–H and O–H groups in total. The lowest BCUT2D eigenvalue weighted by molar-refractivity contribution is 1.12. The van der Waals surface area contributed by atoms with Crippen LogP contribution in [0.15, 0.2) is 87.6 Å². The van der Waals surface area contributed by atoms with Gasteiger partial charge >= 0.3 is 0 Å². The van der Waals surface area contributed by atoms with Gasteiger partial charge in [-0.2, -0.15) is 0 Å². The summed E-state index contributed by atoms with van der Waals surface area (Å²) >= 11 is 7.58. The highest BCUT2D eigenvalue weighted by atomic mass is 35.5. The third-order valence-corrected chi connectivity index (χ3v) is 5.12. The summed E-state index contributed by atoms with van der Waals surface area (Å²) in [5, 5.41) is 2.31. The highest BCUT2D eigenvalue weighted by Crippen LogP contribution is 2.37. The van der Waals surface area contributed by atoms with Crippen LogP contribution < -0.4 is 5.56 Å². The number of rotatable bonds is 3. The number of halogens is 1. The molecule has 0 spiro atoms. The summed E-state index contributed by atoms with van der Waals surface area (Å²) in [6, 6.07) is 21.0. The highest BCUT2D eigenvalue weighted by molar-refractivity contribution is 7.99. The van der Waals surface area contributed by atoms with E-state index in [4.69, 9.17) is 11.6 Å².